The summed E-state index contributed by atoms with van der Waals surface area (Å²) in [6.07, 6.45) is -3.59. The van der Waals surface area contributed by atoms with Crippen LogP contribution in [-0.4, -0.2) is 32.6 Å². The summed E-state index contributed by atoms with van der Waals surface area (Å²) in [6.45, 7) is 1.84. The number of aromatic amines is 1. The lowest BCUT2D eigenvalue weighted by atomic mass is 10.1. The average molecular weight is 508 g/mol. The lowest BCUT2D eigenvalue weighted by Crippen LogP contribution is -2.35. The Labute approximate surface area is 200 Å². The van der Waals surface area contributed by atoms with Gasteiger partial charge in [0.05, 0.1) is 17.0 Å². The van der Waals surface area contributed by atoms with Gasteiger partial charge in [-0.25, -0.2) is 8.42 Å². The molecule has 0 unspecified atom stereocenters. The van der Waals surface area contributed by atoms with Crippen LogP contribution in [0.15, 0.2) is 64.3 Å². The van der Waals surface area contributed by atoms with E-state index in [-0.39, 0.29) is 22.7 Å². The molecule has 2 N–H and O–H groups in total. The van der Waals surface area contributed by atoms with E-state index in [1.165, 1.54) is 42.5 Å². The third kappa shape index (κ3) is 6.17. The van der Waals surface area contributed by atoms with Crippen LogP contribution < -0.4 is 15.8 Å². The number of rotatable bonds is 7. The van der Waals surface area contributed by atoms with Crippen LogP contribution in [0.2, 0.25) is 0 Å². The second kappa shape index (κ2) is 10.0. The molecule has 3 aromatic rings. The quantitative estimate of drug-likeness (QED) is 0.509. The first kappa shape index (κ1) is 26.2. The van der Waals surface area contributed by atoms with Crippen molar-refractivity contribution >= 4 is 21.4 Å². The van der Waals surface area contributed by atoms with Crippen molar-refractivity contribution in [1.29, 1.82) is 0 Å². The van der Waals surface area contributed by atoms with Crippen LogP contribution in [0.5, 0.6) is 0 Å². The molecule has 0 aliphatic heterocycles. The van der Waals surface area contributed by atoms with Crippen molar-refractivity contribution in [2.45, 2.75) is 31.1 Å². The lowest BCUT2D eigenvalue weighted by molar-refractivity contribution is -0.137. The number of benzene rings is 2. The molecular weight excluding hydrogens is 483 g/mol. The zero-order chi connectivity index (χ0) is 26.0. The molecule has 0 bridgehead atoms. The van der Waals surface area contributed by atoms with Gasteiger partial charge in [-0.2, -0.15) is 13.2 Å². The fraction of sp³-hybridized carbons (Fsp3) is 0.250. The third-order valence-electron chi connectivity index (χ3n) is 5.37. The highest BCUT2D eigenvalue weighted by Crippen LogP contribution is 2.32. The molecule has 186 valence electrons. The number of nitrogens with zero attached hydrogens (tertiary/aromatic N) is 1. The summed E-state index contributed by atoms with van der Waals surface area (Å²) >= 11 is 0. The van der Waals surface area contributed by atoms with E-state index >= 15 is 0 Å². The number of nitrogens with one attached hydrogen (secondary N) is 2. The van der Waals surface area contributed by atoms with Gasteiger partial charge in [0, 0.05) is 24.2 Å². The van der Waals surface area contributed by atoms with Gasteiger partial charge < -0.3 is 15.2 Å². The van der Waals surface area contributed by atoms with Gasteiger partial charge in [0.1, 0.15) is 5.56 Å². The number of anilines is 1. The molecule has 0 spiro atoms. The van der Waals surface area contributed by atoms with Crippen LogP contribution in [0.3, 0.4) is 0 Å². The number of aromatic nitrogens is 1. The number of hydrogen-bond donors (Lipinski definition) is 2. The van der Waals surface area contributed by atoms with E-state index < -0.39 is 33.0 Å². The van der Waals surface area contributed by atoms with Gasteiger partial charge in [-0.05, 0) is 61.5 Å². The summed E-state index contributed by atoms with van der Waals surface area (Å²) in [5.41, 5.74) is -0.245. The van der Waals surface area contributed by atoms with Crippen molar-refractivity contribution in [3.63, 3.8) is 0 Å². The van der Waals surface area contributed by atoms with Crippen molar-refractivity contribution in [3.05, 3.63) is 92.9 Å². The Bertz CT molecular complexity index is 1400. The molecule has 0 saturated heterocycles. The first-order valence-electron chi connectivity index (χ1n) is 10.5. The van der Waals surface area contributed by atoms with Crippen LogP contribution in [0.25, 0.3) is 0 Å². The Kier molecular flexibility index (Phi) is 7.51. The van der Waals surface area contributed by atoms with E-state index in [2.05, 4.69) is 10.3 Å². The summed E-state index contributed by atoms with van der Waals surface area (Å²) in [4.78, 5) is 29.9. The fourth-order valence-corrected chi connectivity index (χ4v) is 4.13. The smallest absolute Gasteiger partial charge is 0.325 e. The van der Waals surface area contributed by atoms with Gasteiger partial charge in [0.25, 0.3) is 11.5 Å². The van der Waals surface area contributed by atoms with Gasteiger partial charge >= 0.3 is 6.18 Å². The second-order valence-corrected chi connectivity index (χ2v) is 10.1. The number of amides is 1. The van der Waals surface area contributed by atoms with Crippen LogP contribution in [0.4, 0.5) is 18.9 Å². The molecular formula is C24H24F3N3O4S. The van der Waals surface area contributed by atoms with E-state index in [1.807, 2.05) is 0 Å². The normalized spacial score (nSPS) is 11.9. The second-order valence-electron chi connectivity index (χ2n) is 8.05. The Hall–Kier alpha value is -3.44. The van der Waals surface area contributed by atoms with Gasteiger partial charge in [0.2, 0.25) is 0 Å². The minimum Gasteiger partial charge on any atom is -0.325 e. The highest BCUT2D eigenvalue weighted by Gasteiger charge is 2.32. The van der Waals surface area contributed by atoms with Gasteiger partial charge in [0.15, 0.2) is 9.84 Å². The molecule has 0 aliphatic carbocycles. The van der Waals surface area contributed by atoms with Crippen molar-refractivity contribution in [3.8, 4) is 0 Å². The van der Waals surface area contributed by atoms with E-state index in [4.69, 9.17) is 0 Å². The molecule has 11 heteroatoms. The van der Waals surface area contributed by atoms with Gasteiger partial charge in [-0.15, -0.1) is 0 Å². The Morgan fingerprint density at radius 2 is 1.74 bits per heavy atom. The predicted octanol–water partition coefficient (Wildman–Crippen LogP) is 3.67. The predicted molar refractivity (Wildman–Crippen MR) is 126 cm³/mol. The Morgan fingerprint density at radius 1 is 1.09 bits per heavy atom. The van der Waals surface area contributed by atoms with Crippen LogP contribution >= 0.6 is 0 Å². The molecule has 1 amide bonds. The molecule has 3 rings (SSSR count). The molecule has 7 nitrogen and oxygen atoms in total. The van der Waals surface area contributed by atoms with Crippen LogP contribution in [0, 0.1) is 6.92 Å². The molecule has 0 aliphatic rings. The SMILES string of the molecule is CNCc1cc(C(=O)N(Cc2ccc(S(C)(=O)=O)cc2)c2cccc(C(F)(F)F)c2)c(=O)[nH]c1C. The number of H-pyrrole nitrogens is 1. The van der Waals surface area contributed by atoms with Crippen molar-refractivity contribution in [2.24, 2.45) is 0 Å². The Morgan fingerprint density at radius 3 is 2.31 bits per heavy atom. The maximum Gasteiger partial charge on any atom is 0.416 e. The molecule has 0 fully saturated rings. The first-order chi connectivity index (χ1) is 16.3. The highest BCUT2D eigenvalue weighted by atomic mass is 32.2. The molecule has 0 atom stereocenters. The largest absolute Gasteiger partial charge is 0.416 e. The number of sulfone groups is 1. The fourth-order valence-electron chi connectivity index (χ4n) is 3.50. The number of alkyl halides is 3. The topological polar surface area (TPSA) is 99.3 Å². The monoisotopic (exact) mass is 507 g/mol. The maximum absolute atomic E-state index is 13.5. The minimum atomic E-state index is -4.64. The average Bonchev–Trinajstić information content (AvgIpc) is 2.78. The summed E-state index contributed by atoms with van der Waals surface area (Å²) in [5, 5.41) is 2.93. The molecule has 1 aromatic heterocycles. The van der Waals surface area contributed by atoms with E-state index in [0.717, 1.165) is 23.3 Å². The lowest BCUT2D eigenvalue weighted by Gasteiger charge is -2.24. The number of halogens is 3. The summed E-state index contributed by atoms with van der Waals surface area (Å²) < 4.78 is 63.6. The van der Waals surface area contributed by atoms with Crippen molar-refractivity contribution in [1.82, 2.24) is 10.3 Å². The summed E-state index contributed by atoms with van der Waals surface area (Å²) in [5.74, 6) is -0.796. The van der Waals surface area contributed by atoms with E-state index in [0.29, 0.717) is 23.4 Å². The van der Waals surface area contributed by atoms with Crippen LogP contribution in [-0.2, 0) is 29.1 Å². The number of carbonyl (C=O) groups is 1. The molecule has 2 aromatic carbocycles. The van der Waals surface area contributed by atoms with Gasteiger partial charge in [-0.1, -0.05) is 18.2 Å². The standard InChI is InChI=1S/C24H24F3N3O4S/c1-15-17(13-28-2)11-21(22(31)29-15)23(32)30(19-6-4-5-18(12-19)24(25,26)27)14-16-7-9-20(10-8-16)35(3,33)34/h4-12,28H,13-14H2,1-3H3,(H,29,31). The van der Waals surface area contributed by atoms with Crippen molar-refractivity contribution in [2.75, 3.05) is 18.2 Å². The van der Waals surface area contributed by atoms with Crippen LogP contribution in [0.1, 0.15) is 32.7 Å². The van der Waals surface area contributed by atoms with E-state index in [1.54, 1.807) is 14.0 Å². The first-order valence-corrected chi connectivity index (χ1v) is 12.4. The zero-order valence-electron chi connectivity index (χ0n) is 19.2. The molecule has 0 radical (unpaired) electrons. The number of aryl methyl sites for hydroxylation is 1. The Balaban J connectivity index is 2.11. The van der Waals surface area contributed by atoms with Gasteiger partial charge in [-0.3, -0.25) is 9.59 Å². The number of carbonyl (C=O) groups excluding carboxylic acids is 1. The third-order valence-corrected chi connectivity index (χ3v) is 6.49. The molecule has 0 saturated carbocycles. The number of hydrogen-bond acceptors (Lipinski definition) is 5. The minimum absolute atomic E-state index is 0.0601. The molecule has 1 heterocycles. The summed E-state index contributed by atoms with van der Waals surface area (Å²) in [7, 11) is -1.76. The maximum atomic E-state index is 13.5. The molecule has 35 heavy (non-hydrogen) atoms. The van der Waals surface area contributed by atoms with E-state index in [9.17, 15) is 31.2 Å². The summed E-state index contributed by atoms with van der Waals surface area (Å²) in [6, 6.07) is 11.3. The zero-order valence-corrected chi connectivity index (χ0v) is 20.0. The van der Waals surface area contributed by atoms with Crippen molar-refractivity contribution < 1.29 is 26.4 Å². The highest BCUT2D eigenvalue weighted by molar-refractivity contribution is 7.90. The number of pyridine rings is 1.